The SMILES string of the molecule is Cc1cc(C)nc(SCc2csc(Cc3ccc(F)cc3Cl)n2)n1. The van der Waals surface area contributed by atoms with Gasteiger partial charge in [0.05, 0.1) is 10.7 Å². The maximum atomic E-state index is 13.1. The van der Waals surface area contributed by atoms with Crippen molar-refractivity contribution in [2.45, 2.75) is 31.2 Å². The van der Waals surface area contributed by atoms with Crippen molar-refractivity contribution in [3.8, 4) is 0 Å². The van der Waals surface area contributed by atoms with Crippen LogP contribution in [0.25, 0.3) is 0 Å². The summed E-state index contributed by atoms with van der Waals surface area (Å²) in [6.07, 6.45) is 0.606. The first-order chi connectivity index (χ1) is 11.5. The normalized spacial score (nSPS) is 11.0. The van der Waals surface area contributed by atoms with Gasteiger partial charge < -0.3 is 0 Å². The molecule has 0 radical (unpaired) electrons. The summed E-state index contributed by atoms with van der Waals surface area (Å²) in [5.41, 5.74) is 3.80. The number of nitrogens with zero attached hydrogens (tertiary/aromatic N) is 3. The van der Waals surface area contributed by atoms with Gasteiger partial charge >= 0.3 is 0 Å². The number of hydrogen-bond acceptors (Lipinski definition) is 5. The Hall–Kier alpha value is -1.50. The molecule has 0 amide bonds. The van der Waals surface area contributed by atoms with Gasteiger partial charge in [-0.05, 0) is 37.6 Å². The van der Waals surface area contributed by atoms with E-state index in [1.807, 2.05) is 25.3 Å². The Kier molecular flexibility index (Phi) is 5.48. The van der Waals surface area contributed by atoms with Gasteiger partial charge in [-0.1, -0.05) is 29.4 Å². The molecule has 124 valence electrons. The molecular formula is C17H15ClFN3S2. The molecule has 0 aliphatic rings. The van der Waals surface area contributed by atoms with E-state index >= 15 is 0 Å². The lowest BCUT2D eigenvalue weighted by Crippen LogP contribution is -1.94. The van der Waals surface area contributed by atoms with Gasteiger partial charge in [0.2, 0.25) is 0 Å². The topological polar surface area (TPSA) is 38.7 Å². The average Bonchev–Trinajstić information content (AvgIpc) is 2.95. The van der Waals surface area contributed by atoms with E-state index in [2.05, 4.69) is 15.0 Å². The predicted octanol–water partition coefficient (Wildman–Crippen LogP) is 5.23. The first-order valence-electron chi connectivity index (χ1n) is 7.32. The molecule has 3 nitrogen and oxygen atoms in total. The summed E-state index contributed by atoms with van der Waals surface area (Å²) in [5, 5.41) is 4.19. The number of thiazole rings is 1. The van der Waals surface area contributed by atoms with Crippen molar-refractivity contribution in [3.63, 3.8) is 0 Å². The van der Waals surface area contributed by atoms with Gasteiger partial charge in [-0.15, -0.1) is 11.3 Å². The number of rotatable bonds is 5. The van der Waals surface area contributed by atoms with Crippen LogP contribution in [0.4, 0.5) is 4.39 Å². The molecule has 0 saturated carbocycles. The van der Waals surface area contributed by atoms with Crippen LogP contribution >= 0.6 is 34.7 Å². The van der Waals surface area contributed by atoms with Crippen LogP contribution in [0.2, 0.25) is 5.02 Å². The maximum absolute atomic E-state index is 13.1. The van der Waals surface area contributed by atoms with Crippen molar-refractivity contribution in [3.05, 3.63) is 68.1 Å². The highest BCUT2D eigenvalue weighted by Gasteiger charge is 2.09. The molecule has 1 aromatic carbocycles. The van der Waals surface area contributed by atoms with Crippen molar-refractivity contribution in [2.24, 2.45) is 0 Å². The van der Waals surface area contributed by atoms with Crippen LogP contribution in [0.15, 0.2) is 34.8 Å². The van der Waals surface area contributed by atoms with Crippen LogP contribution < -0.4 is 0 Å². The van der Waals surface area contributed by atoms with E-state index in [9.17, 15) is 4.39 Å². The lowest BCUT2D eigenvalue weighted by molar-refractivity contribution is 0.627. The van der Waals surface area contributed by atoms with E-state index < -0.39 is 0 Å². The van der Waals surface area contributed by atoms with Crippen LogP contribution in [0.5, 0.6) is 0 Å². The van der Waals surface area contributed by atoms with E-state index in [4.69, 9.17) is 11.6 Å². The van der Waals surface area contributed by atoms with Crippen LogP contribution in [-0.4, -0.2) is 15.0 Å². The molecule has 0 spiro atoms. The molecule has 3 aromatic rings. The third-order valence-corrected chi connectivity index (χ3v) is 5.40. The van der Waals surface area contributed by atoms with Crippen molar-refractivity contribution in [1.82, 2.24) is 15.0 Å². The maximum Gasteiger partial charge on any atom is 0.188 e. The minimum Gasteiger partial charge on any atom is -0.245 e. The van der Waals surface area contributed by atoms with Gasteiger partial charge in [0.25, 0.3) is 0 Å². The molecular weight excluding hydrogens is 365 g/mol. The van der Waals surface area contributed by atoms with Crippen molar-refractivity contribution < 1.29 is 4.39 Å². The second-order valence-electron chi connectivity index (χ2n) is 5.37. The molecule has 0 saturated heterocycles. The quantitative estimate of drug-likeness (QED) is 0.449. The van der Waals surface area contributed by atoms with Crippen molar-refractivity contribution >= 4 is 34.7 Å². The predicted molar refractivity (Wildman–Crippen MR) is 97.4 cm³/mol. The Labute approximate surface area is 153 Å². The van der Waals surface area contributed by atoms with E-state index in [1.54, 1.807) is 29.2 Å². The molecule has 3 rings (SSSR count). The van der Waals surface area contributed by atoms with Gasteiger partial charge in [0.1, 0.15) is 5.82 Å². The molecule has 24 heavy (non-hydrogen) atoms. The molecule has 0 unspecified atom stereocenters. The zero-order valence-electron chi connectivity index (χ0n) is 13.2. The summed E-state index contributed by atoms with van der Waals surface area (Å²) >= 11 is 9.23. The largest absolute Gasteiger partial charge is 0.245 e. The van der Waals surface area contributed by atoms with E-state index in [0.717, 1.165) is 38.6 Å². The summed E-state index contributed by atoms with van der Waals surface area (Å²) < 4.78 is 13.1. The molecule has 0 atom stereocenters. The number of thioether (sulfide) groups is 1. The molecule has 0 N–H and O–H groups in total. The fourth-order valence-corrected chi connectivity index (χ4v) is 4.22. The summed E-state index contributed by atoms with van der Waals surface area (Å²) in [6, 6.07) is 6.41. The molecule has 2 heterocycles. The second-order valence-corrected chi connectivity index (χ2v) is 7.66. The van der Waals surface area contributed by atoms with Gasteiger partial charge in [0.15, 0.2) is 5.16 Å². The Bertz CT molecular complexity index is 847. The van der Waals surface area contributed by atoms with Crippen molar-refractivity contribution in [1.29, 1.82) is 0 Å². The third kappa shape index (κ3) is 4.53. The highest BCUT2D eigenvalue weighted by atomic mass is 35.5. The second kappa shape index (κ2) is 7.59. The summed E-state index contributed by atoms with van der Waals surface area (Å²) in [7, 11) is 0. The number of aromatic nitrogens is 3. The Balaban J connectivity index is 1.65. The molecule has 0 fully saturated rings. The van der Waals surface area contributed by atoms with E-state index in [0.29, 0.717) is 11.4 Å². The zero-order valence-corrected chi connectivity index (χ0v) is 15.6. The van der Waals surface area contributed by atoms with Gasteiger partial charge in [-0.3, -0.25) is 0 Å². The van der Waals surface area contributed by atoms with Crippen molar-refractivity contribution in [2.75, 3.05) is 0 Å². The fraction of sp³-hybridized carbons (Fsp3) is 0.235. The van der Waals surface area contributed by atoms with Gasteiger partial charge in [-0.2, -0.15) is 0 Å². The minimum atomic E-state index is -0.326. The van der Waals surface area contributed by atoms with Crippen LogP contribution in [0.3, 0.4) is 0 Å². The molecule has 2 aromatic heterocycles. The molecule has 0 bridgehead atoms. The Morgan fingerprint density at radius 2 is 1.88 bits per heavy atom. The lowest BCUT2D eigenvalue weighted by Gasteiger charge is -2.02. The monoisotopic (exact) mass is 379 g/mol. The summed E-state index contributed by atoms with van der Waals surface area (Å²) in [6.45, 7) is 3.93. The number of aryl methyl sites for hydroxylation is 2. The Morgan fingerprint density at radius 3 is 2.58 bits per heavy atom. The molecule has 0 aliphatic heterocycles. The summed E-state index contributed by atoms with van der Waals surface area (Å²) in [5.74, 6) is 0.393. The first-order valence-corrected chi connectivity index (χ1v) is 9.56. The van der Waals surface area contributed by atoms with Crippen LogP contribution in [0, 0.1) is 19.7 Å². The van der Waals surface area contributed by atoms with Gasteiger partial charge in [0, 0.05) is 34.0 Å². The standard InChI is InChI=1S/C17H15ClFN3S2/c1-10-5-11(2)21-17(20-10)24-9-14-8-23-16(22-14)6-12-3-4-13(19)7-15(12)18/h3-5,7-8H,6,9H2,1-2H3. The highest BCUT2D eigenvalue weighted by Crippen LogP contribution is 2.25. The lowest BCUT2D eigenvalue weighted by atomic mass is 10.1. The average molecular weight is 380 g/mol. The number of halogens is 2. The number of hydrogen-bond donors (Lipinski definition) is 0. The van der Waals surface area contributed by atoms with Crippen LogP contribution in [0.1, 0.15) is 27.7 Å². The van der Waals surface area contributed by atoms with E-state index in [1.165, 1.54) is 12.1 Å². The molecule has 7 heteroatoms. The number of benzene rings is 1. The van der Waals surface area contributed by atoms with Crippen LogP contribution in [-0.2, 0) is 12.2 Å². The fourth-order valence-electron chi connectivity index (χ4n) is 2.22. The smallest absolute Gasteiger partial charge is 0.188 e. The minimum absolute atomic E-state index is 0.326. The Morgan fingerprint density at radius 1 is 1.12 bits per heavy atom. The first kappa shape index (κ1) is 17.3. The van der Waals surface area contributed by atoms with E-state index in [-0.39, 0.29) is 5.82 Å². The molecule has 0 aliphatic carbocycles. The highest BCUT2D eigenvalue weighted by molar-refractivity contribution is 7.98. The summed E-state index contributed by atoms with van der Waals surface area (Å²) in [4.78, 5) is 13.5. The van der Waals surface area contributed by atoms with Gasteiger partial charge in [-0.25, -0.2) is 19.3 Å². The third-order valence-electron chi connectivity index (χ3n) is 3.27. The zero-order chi connectivity index (χ0) is 17.1.